The minimum Gasteiger partial charge on any atom is -0.529 e. The molecule has 0 heterocycles. The summed E-state index contributed by atoms with van der Waals surface area (Å²) in [5.41, 5.74) is 1.31. The maximum Gasteiger partial charge on any atom is 0.346 e. The van der Waals surface area contributed by atoms with Gasteiger partial charge in [-0.3, -0.25) is 0 Å². The van der Waals surface area contributed by atoms with Gasteiger partial charge in [0.1, 0.15) is 5.75 Å². The average molecular weight is 481 g/mol. The molecule has 6 rings (SSSR count). The van der Waals surface area contributed by atoms with E-state index in [0.717, 1.165) is 17.6 Å². The SMILES string of the molecule is CCc1ccc2cc3ccccc3c(O[Si](c3ccccc3)(c3ccccc3)c3ccccc3)c2c1. The van der Waals surface area contributed by atoms with Gasteiger partial charge in [0.2, 0.25) is 0 Å². The third-order valence-electron chi connectivity index (χ3n) is 7.08. The zero-order chi connectivity index (χ0) is 24.4. The van der Waals surface area contributed by atoms with Crippen molar-refractivity contribution in [2.24, 2.45) is 0 Å². The van der Waals surface area contributed by atoms with E-state index in [9.17, 15) is 0 Å². The van der Waals surface area contributed by atoms with E-state index in [2.05, 4.69) is 146 Å². The molecule has 0 spiro atoms. The zero-order valence-electron chi connectivity index (χ0n) is 20.4. The molecule has 36 heavy (non-hydrogen) atoms. The molecule has 0 aromatic heterocycles. The molecule has 0 amide bonds. The lowest BCUT2D eigenvalue weighted by Gasteiger charge is -2.34. The van der Waals surface area contributed by atoms with E-state index in [1.54, 1.807) is 0 Å². The van der Waals surface area contributed by atoms with E-state index in [4.69, 9.17) is 4.43 Å². The van der Waals surface area contributed by atoms with Gasteiger partial charge in [-0.05, 0) is 50.4 Å². The van der Waals surface area contributed by atoms with Gasteiger partial charge in [0.25, 0.3) is 0 Å². The molecule has 0 aliphatic heterocycles. The first-order chi connectivity index (χ1) is 17.8. The van der Waals surface area contributed by atoms with Crippen LogP contribution in [0.3, 0.4) is 0 Å². The van der Waals surface area contributed by atoms with Crippen molar-refractivity contribution >= 4 is 45.4 Å². The Balaban J connectivity index is 1.73. The third-order valence-corrected chi connectivity index (χ3v) is 11.0. The Bertz CT molecular complexity index is 1530. The second-order valence-electron chi connectivity index (χ2n) is 9.22. The highest BCUT2D eigenvalue weighted by molar-refractivity contribution is 7.07. The Kier molecular flexibility index (Phi) is 5.88. The first kappa shape index (κ1) is 22.3. The first-order valence-corrected chi connectivity index (χ1v) is 14.5. The summed E-state index contributed by atoms with van der Waals surface area (Å²) in [5, 5.41) is 8.42. The Morgan fingerprint density at radius 2 is 1.00 bits per heavy atom. The normalized spacial score (nSPS) is 11.6. The van der Waals surface area contributed by atoms with Crippen LogP contribution < -0.4 is 20.0 Å². The molecule has 0 bridgehead atoms. The van der Waals surface area contributed by atoms with Crippen LogP contribution in [0.4, 0.5) is 0 Å². The topological polar surface area (TPSA) is 9.23 Å². The highest BCUT2D eigenvalue weighted by Crippen LogP contribution is 2.37. The van der Waals surface area contributed by atoms with Gasteiger partial charge in [-0.15, -0.1) is 0 Å². The lowest BCUT2D eigenvalue weighted by Crippen LogP contribution is -2.71. The van der Waals surface area contributed by atoms with Gasteiger partial charge in [0.15, 0.2) is 0 Å². The first-order valence-electron chi connectivity index (χ1n) is 12.6. The van der Waals surface area contributed by atoms with Crippen LogP contribution in [0.2, 0.25) is 0 Å². The van der Waals surface area contributed by atoms with Crippen molar-refractivity contribution in [1.29, 1.82) is 0 Å². The van der Waals surface area contributed by atoms with Gasteiger partial charge < -0.3 is 4.43 Å². The summed E-state index contributed by atoms with van der Waals surface area (Å²) in [6.07, 6.45) is 0.987. The van der Waals surface area contributed by atoms with Crippen LogP contribution in [-0.4, -0.2) is 8.32 Å². The van der Waals surface area contributed by atoms with Crippen LogP contribution >= 0.6 is 0 Å². The van der Waals surface area contributed by atoms with Crippen LogP contribution in [0.5, 0.6) is 5.75 Å². The van der Waals surface area contributed by atoms with Gasteiger partial charge >= 0.3 is 8.32 Å². The molecule has 0 aliphatic carbocycles. The standard InChI is InChI=1S/C34H28OSi/c1-2-26-22-23-28-25-27-14-12-13-21-32(27)34(33(28)24-26)35-36(29-15-6-3-7-16-29,30-17-8-4-9-18-30)31-19-10-5-11-20-31/h3-25H,2H2,1H3. The molecular weight excluding hydrogens is 452 g/mol. The summed E-state index contributed by atoms with van der Waals surface area (Å²) in [7, 11) is -2.93. The van der Waals surface area contributed by atoms with Crippen molar-refractivity contribution < 1.29 is 4.43 Å². The van der Waals surface area contributed by atoms with E-state index in [0.29, 0.717) is 0 Å². The van der Waals surface area contributed by atoms with E-state index in [-0.39, 0.29) is 0 Å². The van der Waals surface area contributed by atoms with Crippen molar-refractivity contribution in [1.82, 2.24) is 0 Å². The summed E-state index contributed by atoms with van der Waals surface area (Å²) in [5.74, 6) is 0.974. The van der Waals surface area contributed by atoms with Gasteiger partial charge in [-0.25, -0.2) is 0 Å². The monoisotopic (exact) mass is 480 g/mol. The fourth-order valence-electron chi connectivity index (χ4n) is 5.25. The van der Waals surface area contributed by atoms with Crippen molar-refractivity contribution in [3.8, 4) is 5.75 Å². The van der Waals surface area contributed by atoms with Crippen LogP contribution in [0, 0.1) is 0 Å². The Morgan fingerprint density at radius 3 is 1.56 bits per heavy atom. The Hall–Kier alpha value is -4.14. The number of hydrogen-bond donors (Lipinski definition) is 0. The molecule has 0 aliphatic rings. The average Bonchev–Trinajstić information content (AvgIpc) is 2.96. The molecule has 6 aromatic carbocycles. The molecule has 0 saturated heterocycles. The summed E-state index contributed by atoms with van der Waals surface area (Å²) >= 11 is 0. The number of hydrogen-bond acceptors (Lipinski definition) is 1. The van der Waals surface area contributed by atoms with Crippen molar-refractivity contribution in [2.45, 2.75) is 13.3 Å². The quantitative estimate of drug-likeness (QED) is 0.148. The number of fused-ring (bicyclic) bond motifs is 2. The maximum absolute atomic E-state index is 7.63. The number of rotatable bonds is 6. The van der Waals surface area contributed by atoms with Crippen molar-refractivity contribution in [2.75, 3.05) is 0 Å². The minimum absolute atomic E-state index is 0.974. The largest absolute Gasteiger partial charge is 0.529 e. The molecule has 0 saturated carbocycles. The summed E-state index contributed by atoms with van der Waals surface area (Å²) in [6.45, 7) is 2.21. The van der Waals surface area contributed by atoms with E-state index in [1.807, 2.05) is 0 Å². The van der Waals surface area contributed by atoms with Crippen LogP contribution in [-0.2, 0) is 6.42 Å². The smallest absolute Gasteiger partial charge is 0.346 e. The summed E-state index contributed by atoms with van der Waals surface area (Å²) in [4.78, 5) is 0. The fourth-order valence-corrected chi connectivity index (χ4v) is 9.11. The van der Waals surface area contributed by atoms with E-state index >= 15 is 0 Å². The Morgan fingerprint density at radius 1 is 0.500 bits per heavy atom. The van der Waals surface area contributed by atoms with E-state index in [1.165, 1.54) is 37.3 Å². The molecule has 0 atom stereocenters. The Labute approximate surface area is 213 Å². The minimum atomic E-state index is -2.93. The van der Waals surface area contributed by atoms with Crippen LogP contribution in [0.15, 0.2) is 140 Å². The highest BCUT2D eigenvalue weighted by Gasteiger charge is 2.44. The molecule has 0 unspecified atom stereocenters. The predicted octanol–water partition coefficient (Wildman–Crippen LogP) is 6.60. The summed E-state index contributed by atoms with van der Waals surface area (Å²) < 4.78 is 7.63. The summed E-state index contributed by atoms with van der Waals surface area (Å²) in [6, 6.07) is 50.1. The molecule has 174 valence electrons. The van der Waals surface area contributed by atoms with Gasteiger partial charge in [-0.1, -0.05) is 134 Å². The molecule has 0 N–H and O–H groups in total. The molecular formula is C34H28OSi. The second kappa shape index (κ2) is 9.48. The van der Waals surface area contributed by atoms with Crippen molar-refractivity contribution in [3.63, 3.8) is 0 Å². The molecule has 0 fully saturated rings. The van der Waals surface area contributed by atoms with E-state index < -0.39 is 8.32 Å². The maximum atomic E-state index is 7.63. The third kappa shape index (κ3) is 3.80. The van der Waals surface area contributed by atoms with Gasteiger partial charge in [-0.2, -0.15) is 0 Å². The van der Waals surface area contributed by atoms with Crippen LogP contribution in [0.25, 0.3) is 21.5 Å². The molecule has 1 nitrogen and oxygen atoms in total. The zero-order valence-corrected chi connectivity index (χ0v) is 21.4. The predicted molar refractivity (Wildman–Crippen MR) is 155 cm³/mol. The van der Waals surface area contributed by atoms with Gasteiger partial charge in [0, 0.05) is 10.8 Å². The number of aryl methyl sites for hydroxylation is 1. The van der Waals surface area contributed by atoms with Crippen LogP contribution in [0.1, 0.15) is 12.5 Å². The lowest BCUT2D eigenvalue weighted by atomic mass is 10.00. The lowest BCUT2D eigenvalue weighted by molar-refractivity contribution is 0.590. The second-order valence-corrected chi connectivity index (χ2v) is 12.5. The molecule has 6 aromatic rings. The molecule has 0 radical (unpaired) electrons. The van der Waals surface area contributed by atoms with Crippen molar-refractivity contribution in [3.05, 3.63) is 145 Å². The van der Waals surface area contributed by atoms with Gasteiger partial charge in [0.05, 0.1) is 0 Å². The molecule has 2 heteroatoms. The fraction of sp³-hybridized carbons (Fsp3) is 0.0588. The highest BCUT2D eigenvalue weighted by atomic mass is 28.4. The number of benzene rings is 6.